The third-order valence-corrected chi connectivity index (χ3v) is 3.06. The molecule has 1 aliphatic rings. The average Bonchev–Trinajstić information content (AvgIpc) is 3.00. The minimum Gasteiger partial charge on any atom is -0.476 e. The van der Waals surface area contributed by atoms with Gasteiger partial charge in [0.2, 0.25) is 5.88 Å². The topological polar surface area (TPSA) is 69.0 Å². The Kier molecular flexibility index (Phi) is 2.91. The van der Waals surface area contributed by atoms with Gasteiger partial charge in [-0.15, -0.1) is 0 Å². The van der Waals surface area contributed by atoms with Gasteiger partial charge in [0.15, 0.2) is 5.69 Å². The van der Waals surface area contributed by atoms with Gasteiger partial charge < -0.3 is 10.1 Å². The van der Waals surface area contributed by atoms with E-state index >= 15 is 0 Å². The van der Waals surface area contributed by atoms with Gasteiger partial charge in [0.05, 0.1) is 6.54 Å². The summed E-state index contributed by atoms with van der Waals surface area (Å²) in [5.74, 6) is 0.419. The Balaban J connectivity index is 1.80. The van der Waals surface area contributed by atoms with E-state index < -0.39 is 0 Å². The van der Waals surface area contributed by atoms with Crippen molar-refractivity contribution in [3.05, 3.63) is 35.8 Å². The number of rotatable bonds is 3. The summed E-state index contributed by atoms with van der Waals surface area (Å²) in [4.78, 5) is 16.2. The molecule has 0 atom stereocenters. The van der Waals surface area contributed by atoms with Crippen LogP contribution in [0.4, 0.5) is 5.69 Å². The standard InChI is InChI=1S/C13H14N4O2/c1-2-9-8-14-4-3-10(9)15-13(18)11-7-12-17(16-11)5-6-19-12/h3-4,7-8H,2,5-6H2,1H3,(H,14,15,18). The van der Waals surface area contributed by atoms with E-state index in [1.807, 2.05) is 6.92 Å². The Morgan fingerprint density at radius 3 is 3.26 bits per heavy atom. The van der Waals surface area contributed by atoms with Gasteiger partial charge in [0, 0.05) is 24.1 Å². The maximum Gasteiger partial charge on any atom is 0.276 e. The van der Waals surface area contributed by atoms with Crippen LogP contribution < -0.4 is 10.1 Å². The van der Waals surface area contributed by atoms with Crippen LogP contribution in [0.1, 0.15) is 23.0 Å². The summed E-state index contributed by atoms with van der Waals surface area (Å²) in [6, 6.07) is 3.45. The van der Waals surface area contributed by atoms with Crippen molar-refractivity contribution in [1.82, 2.24) is 14.8 Å². The van der Waals surface area contributed by atoms with E-state index in [0.717, 1.165) is 17.7 Å². The first kappa shape index (κ1) is 11.7. The molecule has 19 heavy (non-hydrogen) atoms. The van der Waals surface area contributed by atoms with Crippen molar-refractivity contribution in [2.75, 3.05) is 11.9 Å². The van der Waals surface area contributed by atoms with Crippen LogP contribution >= 0.6 is 0 Å². The quantitative estimate of drug-likeness (QED) is 0.905. The fraction of sp³-hybridized carbons (Fsp3) is 0.308. The fourth-order valence-corrected chi connectivity index (χ4v) is 2.04. The second-order valence-electron chi connectivity index (χ2n) is 4.28. The van der Waals surface area contributed by atoms with E-state index in [1.165, 1.54) is 0 Å². The molecular weight excluding hydrogens is 244 g/mol. The summed E-state index contributed by atoms with van der Waals surface area (Å²) in [6.07, 6.45) is 4.23. The Morgan fingerprint density at radius 1 is 1.58 bits per heavy atom. The summed E-state index contributed by atoms with van der Waals surface area (Å²) in [7, 11) is 0. The number of hydrogen-bond donors (Lipinski definition) is 1. The van der Waals surface area contributed by atoms with Gasteiger partial charge >= 0.3 is 0 Å². The highest BCUT2D eigenvalue weighted by molar-refractivity contribution is 6.03. The van der Waals surface area contributed by atoms with Crippen molar-refractivity contribution < 1.29 is 9.53 Å². The van der Waals surface area contributed by atoms with Crippen molar-refractivity contribution in [3.63, 3.8) is 0 Å². The van der Waals surface area contributed by atoms with Crippen molar-refractivity contribution in [2.24, 2.45) is 0 Å². The highest BCUT2D eigenvalue weighted by Crippen LogP contribution is 2.20. The lowest BCUT2D eigenvalue weighted by atomic mass is 10.2. The maximum absolute atomic E-state index is 12.1. The number of aromatic nitrogens is 3. The molecule has 0 saturated carbocycles. The third-order valence-electron chi connectivity index (χ3n) is 3.06. The zero-order valence-corrected chi connectivity index (χ0v) is 10.6. The van der Waals surface area contributed by atoms with Crippen LogP contribution in [0, 0.1) is 0 Å². The second-order valence-corrected chi connectivity index (χ2v) is 4.28. The largest absolute Gasteiger partial charge is 0.476 e. The average molecular weight is 258 g/mol. The lowest BCUT2D eigenvalue weighted by Gasteiger charge is -2.07. The number of anilines is 1. The molecule has 0 unspecified atom stereocenters. The predicted molar refractivity (Wildman–Crippen MR) is 69.3 cm³/mol. The van der Waals surface area contributed by atoms with Crippen LogP contribution in [0.15, 0.2) is 24.5 Å². The zero-order valence-electron chi connectivity index (χ0n) is 10.6. The molecule has 1 N–H and O–H groups in total. The number of carbonyl (C=O) groups is 1. The molecule has 1 aliphatic heterocycles. The molecule has 0 saturated heterocycles. The minimum absolute atomic E-state index is 0.230. The molecule has 0 spiro atoms. The zero-order chi connectivity index (χ0) is 13.2. The van der Waals surface area contributed by atoms with Gasteiger partial charge in [-0.2, -0.15) is 5.10 Å². The molecule has 98 valence electrons. The first-order chi connectivity index (χ1) is 9.28. The molecule has 3 rings (SSSR count). The molecule has 2 aromatic rings. The van der Waals surface area contributed by atoms with E-state index in [4.69, 9.17) is 4.74 Å². The van der Waals surface area contributed by atoms with Gasteiger partial charge in [-0.3, -0.25) is 9.78 Å². The van der Waals surface area contributed by atoms with Crippen molar-refractivity contribution in [2.45, 2.75) is 19.9 Å². The van der Waals surface area contributed by atoms with E-state index in [2.05, 4.69) is 15.4 Å². The van der Waals surface area contributed by atoms with Crippen LogP contribution in [-0.4, -0.2) is 27.3 Å². The molecule has 6 heteroatoms. The molecular formula is C13H14N4O2. The number of aryl methyl sites for hydroxylation is 1. The van der Waals surface area contributed by atoms with Gasteiger partial charge in [-0.1, -0.05) is 6.92 Å². The number of pyridine rings is 1. The summed E-state index contributed by atoms with van der Waals surface area (Å²) in [5.41, 5.74) is 2.14. The number of nitrogens with zero attached hydrogens (tertiary/aromatic N) is 3. The monoisotopic (exact) mass is 258 g/mol. The minimum atomic E-state index is -0.230. The number of hydrogen-bond acceptors (Lipinski definition) is 4. The highest BCUT2D eigenvalue weighted by atomic mass is 16.5. The van der Waals surface area contributed by atoms with Gasteiger partial charge in [-0.25, -0.2) is 4.68 Å². The van der Waals surface area contributed by atoms with E-state index in [0.29, 0.717) is 24.7 Å². The van der Waals surface area contributed by atoms with E-state index in [1.54, 1.807) is 29.2 Å². The Morgan fingerprint density at radius 2 is 2.47 bits per heavy atom. The normalized spacial score (nSPS) is 12.9. The summed E-state index contributed by atoms with van der Waals surface area (Å²) in [6.45, 7) is 3.33. The van der Waals surface area contributed by atoms with Crippen LogP contribution in [0.25, 0.3) is 0 Å². The lowest BCUT2D eigenvalue weighted by Crippen LogP contribution is -2.15. The summed E-state index contributed by atoms with van der Waals surface area (Å²) >= 11 is 0. The van der Waals surface area contributed by atoms with Gasteiger partial charge in [0.1, 0.15) is 6.61 Å². The maximum atomic E-state index is 12.1. The van der Waals surface area contributed by atoms with Crippen LogP contribution in [0.3, 0.4) is 0 Å². The number of ether oxygens (including phenoxy) is 1. The van der Waals surface area contributed by atoms with E-state index in [-0.39, 0.29) is 5.91 Å². The summed E-state index contributed by atoms with van der Waals surface area (Å²) in [5, 5.41) is 7.06. The van der Waals surface area contributed by atoms with E-state index in [9.17, 15) is 4.79 Å². The molecule has 0 radical (unpaired) electrons. The van der Waals surface area contributed by atoms with Crippen molar-refractivity contribution in [3.8, 4) is 5.88 Å². The molecule has 3 heterocycles. The lowest BCUT2D eigenvalue weighted by molar-refractivity contribution is 0.102. The van der Waals surface area contributed by atoms with Crippen LogP contribution in [-0.2, 0) is 13.0 Å². The smallest absolute Gasteiger partial charge is 0.276 e. The van der Waals surface area contributed by atoms with Crippen LogP contribution in [0.2, 0.25) is 0 Å². The number of fused-ring (bicyclic) bond motifs is 1. The van der Waals surface area contributed by atoms with Gasteiger partial charge in [-0.05, 0) is 18.1 Å². The molecule has 0 fully saturated rings. The second kappa shape index (κ2) is 4.72. The molecule has 2 aromatic heterocycles. The third kappa shape index (κ3) is 2.16. The number of carbonyl (C=O) groups excluding carboxylic acids is 1. The predicted octanol–water partition coefficient (Wildman–Crippen LogP) is 1.49. The highest BCUT2D eigenvalue weighted by Gasteiger charge is 2.19. The van der Waals surface area contributed by atoms with Gasteiger partial charge in [0.25, 0.3) is 5.91 Å². The Hall–Kier alpha value is -2.37. The summed E-state index contributed by atoms with van der Waals surface area (Å²) < 4.78 is 7.03. The first-order valence-corrected chi connectivity index (χ1v) is 6.23. The van der Waals surface area contributed by atoms with Crippen molar-refractivity contribution in [1.29, 1.82) is 0 Å². The number of amides is 1. The van der Waals surface area contributed by atoms with Crippen LogP contribution in [0.5, 0.6) is 5.88 Å². The van der Waals surface area contributed by atoms with Crippen molar-refractivity contribution >= 4 is 11.6 Å². The Labute approximate surface area is 110 Å². The molecule has 0 aromatic carbocycles. The SMILES string of the molecule is CCc1cnccc1NC(=O)c1cc2n(n1)CCO2. The molecule has 0 bridgehead atoms. The number of nitrogens with one attached hydrogen (secondary N) is 1. The first-order valence-electron chi connectivity index (χ1n) is 6.23. The Bertz CT molecular complexity index is 599. The molecule has 6 nitrogen and oxygen atoms in total. The molecule has 1 amide bonds. The fourth-order valence-electron chi connectivity index (χ4n) is 2.04. The molecule has 0 aliphatic carbocycles.